The molecule has 10 nitrogen and oxygen atoms in total. The molecule has 0 unspecified atom stereocenters. The van der Waals surface area contributed by atoms with Gasteiger partial charge >= 0.3 is 5.97 Å². The highest BCUT2D eigenvalue weighted by Crippen LogP contribution is 2.26. The van der Waals surface area contributed by atoms with E-state index in [1.807, 2.05) is 0 Å². The lowest BCUT2D eigenvalue weighted by molar-refractivity contribution is -0.384. The van der Waals surface area contributed by atoms with Gasteiger partial charge in [0, 0.05) is 30.4 Å². The Morgan fingerprint density at radius 2 is 1.73 bits per heavy atom. The average Bonchev–Trinajstić information content (AvgIpc) is 2.94. The van der Waals surface area contributed by atoms with Crippen molar-refractivity contribution in [2.24, 2.45) is 0 Å². The number of hydrogen-bond acceptors (Lipinski definition) is 6. The number of rotatable bonds is 7. The van der Waals surface area contributed by atoms with Crippen molar-refractivity contribution in [2.45, 2.75) is 6.42 Å². The lowest BCUT2D eigenvalue weighted by Crippen LogP contribution is -2.31. The number of carbonyl (C=O) groups is 4. The molecule has 0 fully saturated rings. The van der Waals surface area contributed by atoms with E-state index in [0.29, 0.717) is 5.56 Å². The number of amides is 3. The van der Waals surface area contributed by atoms with Gasteiger partial charge in [0.05, 0.1) is 22.5 Å². The summed E-state index contributed by atoms with van der Waals surface area (Å²) in [5.74, 6) is -2.83. The molecule has 3 amide bonds. The molecule has 152 valence electrons. The van der Waals surface area contributed by atoms with Crippen molar-refractivity contribution < 1.29 is 29.2 Å². The fraction of sp³-hybridized carbons (Fsp3) is 0.100. The molecule has 0 aromatic heterocycles. The van der Waals surface area contributed by atoms with E-state index in [1.165, 1.54) is 54.6 Å². The van der Waals surface area contributed by atoms with E-state index in [9.17, 15) is 29.3 Å². The molecule has 1 heterocycles. The van der Waals surface area contributed by atoms with Crippen LogP contribution in [0.3, 0.4) is 0 Å². The van der Waals surface area contributed by atoms with Crippen LogP contribution in [0.2, 0.25) is 0 Å². The van der Waals surface area contributed by atoms with Crippen LogP contribution < -0.4 is 5.32 Å². The molecule has 2 N–H and O–H groups in total. The summed E-state index contributed by atoms with van der Waals surface area (Å²) in [6, 6.07) is 9.83. The minimum atomic E-state index is -1.13. The third-order valence-corrected chi connectivity index (χ3v) is 4.32. The summed E-state index contributed by atoms with van der Waals surface area (Å²) in [6.45, 7) is -0.235. The van der Waals surface area contributed by atoms with Gasteiger partial charge < -0.3 is 10.4 Å². The highest BCUT2D eigenvalue weighted by molar-refractivity contribution is 6.22. The molecule has 2 aromatic carbocycles. The predicted molar refractivity (Wildman–Crippen MR) is 105 cm³/mol. The van der Waals surface area contributed by atoms with Crippen LogP contribution in [-0.4, -0.2) is 45.2 Å². The molecule has 0 bridgehead atoms. The number of carboxylic acids is 1. The van der Waals surface area contributed by atoms with Gasteiger partial charge in [-0.2, -0.15) is 0 Å². The van der Waals surface area contributed by atoms with Gasteiger partial charge in [-0.05, 0) is 42.0 Å². The number of hydrogen-bond donors (Lipinski definition) is 2. The fourth-order valence-electron chi connectivity index (χ4n) is 2.84. The van der Waals surface area contributed by atoms with E-state index >= 15 is 0 Å². The van der Waals surface area contributed by atoms with Crippen molar-refractivity contribution in [3.8, 4) is 0 Å². The molecule has 1 aliphatic heterocycles. The van der Waals surface area contributed by atoms with Gasteiger partial charge in [-0.1, -0.05) is 0 Å². The summed E-state index contributed by atoms with van der Waals surface area (Å²) in [5, 5.41) is 21.9. The van der Waals surface area contributed by atoms with Gasteiger partial charge in [0.2, 0.25) is 5.91 Å². The zero-order chi connectivity index (χ0) is 21.8. The summed E-state index contributed by atoms with van der Waals surface area (Å²) in [5.41, 5.74) is 1.03. The Morgan fingerprint density at radius 3 is 2.37 bits per heavy atom. The number of nitro benzene ring substituents is 1. The zero-order valence-electron chi connectivity index (χ0n) is 15.4. The Labute approximate surface area is 169 Å². The molecule has 10 heteroatoms. The van der Waals surface area contributed by atoms with Gasteiger partial charge in [-0.15, -0.1) is 0 Å². The SMILES string of the molecule is O=C(O)CCN1C(=O)c2ccc(NC(=O)C=Cc3ccc([N+](=O)[O-])cc3)cc2C1=O. The first kappa shape index (κ1) is 20.4. The molecule has 1 aliphatic rings. The van der Waals surface area contributed by atoms with Crippen LogP contribution in [0.4, 0.5) is 11.4 Å². The number of anilines is 1. The summed E-state index contributed by atoms with van der Waals surface area (Å²) >= 11 is 0. The number of carbonyl (C=O) groups excluding carboxylic acids is 3. The quantitative estimate of drug-likeness (QED) is 0.309. The Bertz CT molecular complexity index is 1090. The number of nitro groups is 1. The van der Waals surface area contributed by atoms with Crippen molar-refractivity contribution in [3.63, 3.8) is 0 Å². The second-order valence-corrected chi connectivity index (χ2v) is 6.34. The first-order chi connectivity index (χ1) is 14.3. The third-order valence-electron chi connectivity index (χ3n) is 4.32. The van der Waals surface area contributed by atoms with E-state index in [4.69, 9.17) is 5.11 Å². The fourth-order valence-corrected chi connectivity index (χ4v) is 2.84. The van der Waals surface area contributed by atoms with E-state index < -0.39 is 28.6 Å². The summed E-state index contributed by atoms with van der Waals surface area (Å²) in [4.78, 5) is 58.4. The summed E-state index contributed by atoms with van der Waals surface area (Å²) in [6.07, 6.45) is 2.33. The monoisotopic (exact) mass is 409 g/mol. The van der Waals surface area contributed by atoms with Crippen LogP contribution in [-0.2, 0) is 9.59 Å². The number of carboxylic acid groups (broad SMARTS) is 1. The maximum absolute atomic E-state index is 12.4. The molecule has 2 aromatic rings. The number of aliphatic carboxylic acids is 1. The zero-order valence-corrected chi connectivity index (χ0v) is 15.4. The van der Waals surface area contributed by atoms with Crippen LogP contribution in [0, 0.1) is 10.1 Å². The first-order valence-corrected chi connectivity index (χ1v) is 8.72. The molecule has 0 atom stereocenters. The smallest absolute Gasteiger partial charge is 0.305 e. The van der Waals surface area contributed by atoms with Crippen LogP contribution in [0.15, 0.2) is 48.5 Å². The normalized spacial score (nSPS) is 12.9. The molecule has 0 radical (unpaired) electrons. The van der Waals surface area contributed by atoms with Gasteiger partial charge in [0.15, 0.2) is 0 Å². The van der Waals surface area contributed by atoms with E-state index in [-0.39, 0.29) is 35.5 Å². The number of nitrogens with zero attached hydrogens (tertiary/aromatic N) is 2. The van der Waals surface area contributed by atoms with E-state index in [2.05, 4.69) is 5.32 Å². The molecular weight excluding hydrogens is 394 g/mol. The average molecular weight is 409 g/mol. The van der Waals surface area contributed by atoms with Gasteiger partial charge in [-0.3, -0.25) is 34.2 Å². The summed E-state index contributed by atoms with van der Waals surface area (Å²) < 4.78 is 0. The van der Waals surface area contributed by atoms with Crippen molar-refractivity contribution in [2.75, 3.05) is 11.9 Å². The Hall–Kier alpha value is -4.34. The highest BCUT2D eigenvalue weighted by atomic mass is 16.6. The minimum absolute atomic E-state index is 0.0636. The summed E-state index contributed by atoms with van der Waals surface area (Å²) in [7, 11) is 0. The Balaban J connectivity index is 1.68. The number of non-ortho nitro benzene ring substituents is 1. The topological polar surface area (TPSA) is 147 Å². The first-order valence-electron chi connectivity index (χ1n) is 8.72. The predicted octanol–water partition coefficient (Wildman–Crippen LogP) is 2.32. The molecular formula is C20H15N3O7. The number of imide groups is 1. The molecule has 3 rings (SSSR count). The van der Waals surface area contributed by atoms with Crippen molar-refractivity contribution in [3.05, 3.63) is 75.3 Å². The molecule has 0 saturated heterocycles. The third kappa shape index (κ3) is 4.38. The standard InChI is InChI=1S/C20H15N3O7/c24-17(8-3-12-1-5-14(6-2-12)23(29)30)21-13-4-7-15-16(11-13)20(28)22(19(15)27)10-9-18(25)26/h1-8,11H,9-10H2,(H,21,24)(H,25,26). The van der Waals surface area contributed by atoms with Gasteiger partial charge in [0.1, 0.15) is 0 Å². The minimum Gasteiger partial charge on any atom is -0.481 e. The lowest BCUT2D eigenvalue weighted by Gasteiger charge is -2.11. The van der Waals surface area contributed by atoms with E-state index in [1.54, 1.807) is 0 Å². The van der Waals surface area contributed by atoms with Crippen LogP contribution in [0.25, 0.3) is 6.08 Å². The van der Waals surface area contributed by atoms with E-state index in [0.717, 1.165) is 4.90 Å². The number of fused-ring (bicyclic) bond motifs is 1. The maximum Gasteiger partial charge on any atom is 0.305 e. The van der Waals surface area contributed by atoms with Crippen LogP contribution >= 0.6 is 0 Å². The van der Waals surface area contributed by atoms with Crippen molar-refractivity contribution >= 4 is 41.1 Å². The molecule has 0 spiro atoms. The maximum atomic E-state index is 12.4. The number of benzene rings is 2. The van der Waals surface area contributed by atoms with Gasteiger partial charge in [0.25, 0.3) is 17.5 Å². The highest BCUT2D eigenvalue weighted by Gasteiger charge is 2.35. The molecule has 0 aliphatic carbocycles. The molecule has 0 saturated carbocycles. The number of nitrogens with one attached hydrogen (secondary N) is 1. The second-order valence-electron chi connectivity index (χ2n) is 6.34. The Morgan fingerprint density at radius 1 is 1.07 bits per heavy atom. The largest absolute Gasteiger partial charge is 0.481 e. The Kier molecular flexibility index (Phi) is 5.68. The van der Waals surface area contributed by atoms with Crippen molar-refractivity contribution in [1.29, 1.82) is 0 Å². The molecule has 30 heavy (non-hydrogen) atoms. The van der Waals surface area contributed by atoms with Crippen molar-refractivity contribution in [1.82, 2.24) is 4.90 Å². The second kappa shape index (κ2) is 8.35. The lowest BCUT2D eigenvalue weighted by atomic mass is 10.1. The van der Waals surface area contributed by atoms with Crippen LogP contribution in [0.5, 0.6) is 0 Å². The van der Waals surface area contributed by atoms with Crippen LogP contribution in [0.1, 0.15) is 32.7 Å². The van der Waals surface area contributed by atoms with Gasteiger partial charge in [-0.25, -0.2) is 0 Å².